The van der Waals surface area contributed by atoms with E-state index in [1.54, 1.807) is 42.5 Å². The fourth-order valence-corrected chi connectivity index (χ4v) is 4.22. The summed E-state index contributed by atoms with van der Waals surface area (Å²) in [7, 11) is 1.43. The molecule has 4 atom stereocenters. The maximum Gasteiger partial charge on any atom is 0.202 e. The third-order valence-corrected chi connectivity index (χ3v) is 5.94. The number of carbonyl (C=O) groups excluding carboxylic acids is 1. The van der Waals surface area contributed by atoms with Gasteiger partial charge in [-0.15, -0.1) is 0 Å². The maximum absolute atomic E-state index is 12.7. The molecular weight excluding hydrogens is 444 g/mol. The largest absolute Gasteiger partial charge is 0.507 e. The van der Waals surface area contributed by atoms with E-state index in [2.05, 4.69) is 0 Å². The molecule has 2 heterocycles. The van der Waals surface area contributed by atoms with Crippen molar-refractivity contribution >= 4 is 5.78 Å². The molecule has 0 fully saturated rings. The Balaban J connectivity index is 1.46. The van der Waals surface area contributed by atoms with Gasteiger partial charge in [0.25, 0.3) is 0 Å². The number of ketones is 1. The molecule has 9 nitrogen and oxygen atoms in total. The molecule has 0 bridgehead atoms. The smallest absolute Gasteiger partial charge is 0.202 e. The number of hydrogen-bond donors (Lipinski definition) is 4. The van der Waals surface area contributed by atoms with Gasteiger partial charge in [0, 0.05) is 5.56 Å². The van der Waals surface area contributed by atoms with Crippen LogP contribution in [-0.2, 0) is 0 Å². The quantitative estimate of drug-likeness (QED) is 0.458. The Morgan fingerprint density at radius 1 is 0.853 bits per heavy atom. The van der Waals surface area contributed by atoms with Gasteiger partial charge in [0.15, 0.2) is 47.4 Å². The van der Waals surface area contributed by atoms with Crippen LogP contribution in [0.3, 0.4) is 0 Å². The van der Waals surface area contributed by atoms with Crippen LogP contribution in [0.5, 0.6) is 34.5 Å². The zero-order chi connectivity index (χ0) is 24.0. The number of phenols is 2. The van der Waals surface area contributed by atoms with E-state index in [1.807, 2.05) is 0 Å². The minimum Gasteiger partial charge on any atom is -0.507 e. The van der Waals surface area contributed by atoms with Gasteiger partial charge < -0.3 is 39.4 Å². The van der Waals surface area contributed by atoms with E-state index in [1.165, 1.54) is 19.2 Å². The first-order valence-corrected chi connectivity index (χ1v) is 10.6. The van der Waals surface area contributed by atoms with Crippen LogP contribution in [0.15, 0.2) is 54.6 Å². The second-order valence-electron chi connectivity index (χ2n) is 8.01. The predicted octanol–water partition coefficient (Wildman–Crippen LogP) is 2.66. The number of ether oxygens (including phenoxy) is 4. The lowest BCUT2D eigenvalue weighted by atomic mass is 9.92. The van der Waals surface area contributed by atoms with Crippen molar-refractivity contribution in [3.63, 3.8) is 0 Å². The van der Waals surface area contributed by atoms with Crippen LogP contribution in [0.1, 0.15) is 33.7 Å². The van der Waals surface area contributed by atoms with Crippen LogP contribution in [0.4, 0.5) is 0 Å². The summed E-state index contributed by atoms with van der Waals surface area (Å²) in [5.41, 5.74) is 1.03. The summed E-state index contributed by atoms with van der Waals surface area (Å²) in [5.74, 6) is 0.203. The van der Waals surface area contributed by atoms with Crippen molar-refractivity contribution in [3.8, 4) is 34.5 Å². The molecule has 0 radical (unpaired) electrons. The van der Waals surface area contributed by atoms with Crippen LogP contribution in [-0.4, -0.2) is 52.1 Å². The van der Waals surface area contributed by atoms with Crippen LogP contribution in [0.25, 0.3) is 0 Å². The number of hydrogen-bond acceptors (Lipinski definition) is 9. The Kier molecular flexibility index (Phi) is 5.43. The fraction of sp³-hybridized carbons (Fsp3) is 0.240. The summed E-state index contributed by atoms with van der Waals surface area (Å²) in [6.07, 6.45) is -4.00. The van der Waals surface area contributed by atoms with Crippen LogP contribution in [0, 0.1) is 0 Å². The molecule has 0 aliphatic carbocycles. The monoisotopic (exact) mass is 466 g/mol. The van der Waals surface area contributed by atoms with Gasteiger partial charge in [-0.1, -0.05) is 18.2 Å². The second-order valence-corrected chi connectivity index (χ2v) is 8.01. The minimum absolute atomic E-state index is 0.0240. The van der Waals surface area contributed by atoms with Crippen molar-refractivity contribution in [2.75, 3.05) is 13.7 Å². The molecule has 3 aromatic rings. The molecule has 4 N–H and O–H groups in total. The summed E-state index contributed by atoms with van der Waals surface area (Å²) in [4.78, 5) is 12.7. The van der Waals surface area contributed by atoms with Crippen molar-refractivity contribution in [1.82, 2.24) is 0 Å². The lowest BCUT2D eigenvalue weighted by Crippen LogP contribution is -2.37. The minimum atomic E-state index is -1.53. The molecule has 2 aliphatic rings. The normalized spacial score (nSPS) is 23.1. The first kappa shape index (κ1) is 21.9. The Labute approximate surface area is 194 Å². The van der Waals surface area contributed by atoms with Gasteiger partial charge in [0.2, 0.25) is 5.78 Å². The van der Waals surface area contributed by atoms with Crippen LogP contribution in [0.2, 0.25) is 0 Å². The average Bonchev–Trinajstić information content (AvgIpc) is 2.85. The van der Waals surface area contributed by atoms with Crippen molar-refractivity contribution in [3.05, 3.63) is 71.3 Å². The van der Waals surface area contributed by atoms with E-state index in [0.29, 0.717) is 22.6 Å². The van der Waals surface area contributed by atoms with Gasteiger partial charge in [0.1, 0.15) is 17.1 Å². The van der Waals surface area contributed by atoms with Gasteiger partial charge >= 0.3 is 0 Å². The summed E-state index contributed by atoms with van der Waals surface area (Å²) in [6.45, 7) is -0.356. The number of benzene rings is 3. The number of phenolic OH excluding ortho intramolecular Hbond substituents is 2. The number of carbonyl (C=O) groups is 1. The van der Waals surface area contributed by atoms with Gasteiger partial charge in [-0.25, -0.2) is 0 Å². The number of aromatic hydroxyl groups is 2. The molecule has 0 spiro atoms. The van der Waals surface area contributed by atoms with Crippen molar-refractivity contribution in [1.29, 1.82) is 0 Å². The maximum atomic E-state index is 12.7. The lowest BCUT2D eigenvalue weighted by Gasteiger charge is -2.35. The van der Waals surface area contributed by atoms with E-state index in [0.717, 1.165) is 0 Å². The van der Waals surface area contributed by atoms with Crippen LogP contribution >= 0.6 is 0 Å². The second kappa shape index (κ2) is 8.44. The number of rotatable bonds is 4. The number of methoxy groups -OCH3 is 1. The highest BCUT2D eigenvalue weighted by atomic mass is 16.6. The van der Waals surface area contributed by atoms with E-state index in [9.17, 15) is 25.2 Å². The Morgan fingerprint density at radius 3 is 2.35 bits per heavy atom. The highest BCUT2D eigenvalue weighted by Gasteiger charge is 2.40. The van der Waals surface area contributed by atoms with Gasteiger partial charge in [-0.05, 0) is 42.0 Å². The molecule has 0 saturated carbocycles. The van der Waals surface area contributed by atoms with Crippen LogP contribution < -0.4 is 18.9 Å². The molecule has 0 saturated heterocycles. The molecule has 2 aliphatic heterocycles. The lowest BCUT2D eigenvalue weighted by molar-refractivity contribution is -0.0130. The molecule has 0 aromatic heterocycles. The van der Waals surface area contributed by atoms with E-state index >= 15 is 0 Å². The zero-order valence-electron chi connectivity index (χ0n) is 18.0. The molecule has 34 heavy (non-hydrogen) atoms. The molecule has 4 unspecified atom stereocenters. The predicted molar refractivity (Wildman–Crippen MR) is 118 cm³/mol. The number of Topliss-reactive ketones (excluding diaryl/α,β-unsaturated/α-hetero) is 1. The first-order valence-electron chi connectivity index (χ1n) is 10.6. The van der Waals surface area contributed by atoms with Crippen molar-refractivity contribution < 1.29 is 44.2 Å². The molecule has 3 aromatic carbocycles. The zero-order valence-corrected chi connectivity index (χ0v) is 18.0. The third-order valence-electron chi connectivity index (χ3n) is 5.94. The summed E-state index contributed by atoms with van der Waals surface area (Å²) >= 11 is 0. The van der Waals surface area contributed by atoms with Crippen molar-refractivity contribution in [2.45, 2.75) is 24.4 Å². The summed E-state index contributed by atoms with van der Waals surface area (Å²) in [5, 5.41) is 40.4. The average molecular weight is 466 g/mol. The van der Waals surface area contributed by atoms with Crippen molar-refractivity contribution in [2.24, 2.45) is 0 Å². The van der Waals surface area contributed by atoms with Gasteiger partial charge in [-0.2, -0.15) is 0 Å². The number of aliphatic hydroxyl groups is 2. The van der Waals surface area contributed by atoms with E-state index in [-0.39, 0.29) is 35.2 Å². The fourth-order valence-electron chi connectivity index (χ4n) is 4.22. The van der Waals surface area contributed by atoms with Gasteiger partial charge in [0.05, 0.1) is 13.7 Å². The summed E-state index contributed by atoms with van der Waals surface area (Å²) in [6, 6.07) is 14.0. The summed E-state index contributed by atoms with van der Waals surface area (Å²) < 4.78 is 23.1. The Morgan fingerprint density at radius 2 is 1.59 bits per heavy atom. The first-order chi connectivity index (χ1) is 16.4. The van der Waals surface area contributed by atoms with E-state index in [4.69, 9.17) is 18.9 Å². The highest BCUT2D eigenvalue weighted by molar-refractivity contribution is 6.05. The van der Waals surface area contributed by atoms with Gasteiger partial charge in [-0.3, -0.25) is 4.79 Å². The molecule has 176 valence electrons. The Bertz CT molecular complexity index is 1260. The molecule has 5 rings (SSSR count). The third kappa shape index (κ3) is 3.55. The molecule has 9 heteroatoms. The molecule has 0 amide bonds. The topological polar surface area (TPSA) is 135 Å². The van der Waals surface area contributed by atoms with E-state index < -0.39 is 30.2 Å². The number of fused-ring (bicyclic) bond motifs is 2. The molecular formula is C25H22O9. The SMILES string of the molecule is COc1cc(C2Oc3ccc(C4Oc5cccc(O)c5C(=O)C4O)cc3OC2CO)ccc1O. The Hall–Kier alpha value is -3.95. The standard InChI is InChI=1S/C25H22O9/c1-31-18-9-12(5-7-14(18)27)24-20(11-26)32-19-10-13(6-8-16(19)33-24)25-23(30)22(29)21-15(28)3-2-4-17(21)34-25/h2-10,20,23-28,30H,11H2,1H3. The highest BCUT2D eigenvalue weighted by Crippen LogP contribution is 2.44. The number of aliphatic hydroxyl groups excluding tert-OH is 2.